The van der Waals surface area contributed by atoms with Crippen molar-refractivity contribution in [1.29, 1.82) is 0 Å². The van der Waals surface area contributed by atoms with Crippen LogP contribution in [-0.4, -0.2) is 49.4 Å². The molecule has 0 spiro atoms. The van der Waals surface area contributed by atoms with Crippen molar-refractivity contribution in [2.45, 2.75) is 26.0 Å². The maximum Gasteiger partial charge on any atom is 0.244 e. The second-order valence-corrected chi connectivity index (χ2v) is 4.60. The zero-order valence-electron chi connectivity index (χ0n) is 9.50. The highest BCUT2D eigenvalue weighted by Crippen LogP contribution is 2.28. The first kappa shape index (κ1) is 11.1. The average Bonchev–Trinajstić information content (AvgIpc) is 2.64. The lowest BCUT2D eigenvalue weighted by molar-refractivity contribution is -0.164. The maximum absolute atomic E-state index is 11.7. The second kappa shape index (κ2) is 3.86. The van der Waals surface area contributed by atoms with Gasteiger partial charge < -0.3 is 10.0 Å². The number of amides is 1. The van der Waals surface area contributed by atoms with Gasteiger partial charge in [0.05, 0.1) is 13.1 Å². The van der Waals surface area contributed by atoms with Gasteiger partial charge in [0.25, 0.3) is 0 Å². The summed E-state index contributed by atoms with van der Waals surface area (Å²) in [4.78, 5) is 17.1. The van der Waals surface area contributed by atoms with Crippen LogP contribution in [0, 0.1) is 5.92 Å². The minimum atomic E-state index is -0.710. The van der Waals surface area contributed by atoms with E-state index in [1.54, 1.807) is 4.90 Å². The van der Waals surface area contributed by atoms with Crippen LogP contribution in [0.5, 0.6) is 0 Å². The number of carbonyl (C=O) groups excluding carboxylic acids is 1. The third kappa shape index (κ3) is 1.92. The van der Waals surface area contributed by atoms with Crippen molar-refractivity contribution in [2.24, 2.45) is 5.92 Å². The molecule has 0 bridgehead atoms. The van der Waals surface area contributed by atoms with Gasteiger partial charge in [-0.1, -0.05) is 13.8 Å². The van der Waals surface area contributed by atoms with Gasteiger partial charge in [0.2, 0.25) is 5.91 Å². The Kier molecular flexibility index (Phi) is 2.67. The van der Waals surface area contributed by atoms with Crippen molar-refractivity contribution >= 4 is 5.91 Å². The zero-order chi connectivity index (χ0) is 11.8. The van der Waals surface area contributed by atoms with E-state index in [1.165, 1.54) is 17.3 Å². The first-order valence-corrected chi connectivity index (χ1v) is 5.34. The van der Waals surface area contributed by atoms with Gasteiger partial charge in [-0.05, 0) is 5.92 Å². The van der Waals surface area contributed by atoms with Crippen molar-refractivity contribution in [3.05, 3.63) is 12.7 Å². The average molecular weight is 224 g/mol. The molecule has 1 saturated heterocycles. The highest BCUT2D eigenvalue weighted by molar-refractivity contribution is 5.77. The highest BCUT2D eigenvalue weighted by Gasteiger charge is 2.45. The molecule has 1 aromatic heterocycles. The molecule has 6 nitrogen and oxygen atoms in total. The van der Waals surface area contributed by atoms with Gasteiger partial charge in [0.15, 0.2) is 0 Å². The van der Waals surface area contributed by atoms with Crippen molar-refractivity contribution in [1.82, 2.24) is 19.7 Å². The van der Waals surface area contributed by atoms with Crippen LogP contribution < -0.4 is 0 Å². The topological polar surface area (TPSA) is 71.2 Å². The molecule has 1 fully saturated rings. The molecule has 1 aliphatic heterocycles. The molecule has 2 rings (SSSR count). The number of rotatable bonds is 3. The molecular weight excluding hydrogens is 208 g/mol. The molecule has 1 N–H and O–H groups in total. The predicted octanol–water partition coefficient (Wildman–Crippen LogP) is -0.493. The SMILES string of the molecule is CC(C)C1(O)CN(C(=O)Cn2cncn2)C1. The lowest BCUT2D eigenvalue weighted by Crippen LogP contribution is -2.66. The van der Waals surface area contributed by atoms with Gasteiger partial charge in [0.1, 0.15) is 24.8 Å². The molecule has 1 amide bonds. The molecule has 6 heteroatoms. The number of aliphatic hydroxyl groups is 1. The molecule has 2 heterocycles. The van der Waals surface area contributed by atoms with Gasteiger partial charge in [-0.15, -0.1) is 0 Å². The number of nitrogens with zero attached hydrogens (tertiary/aromatic N) is 4. The molecule has 0 saturated carbocycles. The number of aromatic nitrogens is 3. The minimum absolute atomic E-state index is 0.0316. The third-order valence-corrected chi connectivity index (χ3v) is 3.12. The van der Waals surface area contributed by atoms with Crippen LogP contribution >= 0.6 is 0 Å². The molecule has 0 atom stereocenters. The smallest absolute Gasteiger partial charge is 0.244 e. The minimum Gasteiger partial charge on any atom is -0.386 e. The van der Waals surface area contributed by atoms with Crippen molar-refractivity contribution in [3.63, 3.8) is 0 Å². The number of carbonyl (C=O) groups is 1. The molecular formula is C10H16N4O2. The molecule has 88 valence electrons. The Hall–Kier alpha value is -1.43. The first-order chi connectivity index (χ1) is 7.51. The Morgan fingerprint density at radius 3 is 2.75 bits per heavy atom. The summed E-state index contributed by atoms with van der Waals surface area (Å²) < 4.78 is 1.48. The quantitative estimate of drug-likeness (QED) is 0.752. The molecule has 0 aliphatic carbocycles. The van der Waals surface area contributed by atoms with Crippen LogP contribution in [-0.2, 0) is 11.3 Å². The van der Waals surface area contributed by atoms with Crippen LogP contribution in [0.2, 0.25) is 0 Å². The molecule has 1 aliphatic rings. The van der Waals surface area contributed by atoms with Gasteiger partial charge in [-0.2, -0.15) is 5.10 Å². The van der Waals surface area contributed by atoms with E-state index in [0.717, 1.165) is 0 Å². The summed E-state index contributed by atoms with van der Waals surface area (Å²) in [6.45, 7) is 4.93. The van der Waals surface area contributed by atoms with Gasteiger partial charge >= 0.3 is 0 Å². The van der Waals surface area contributed by atoms with Crippen LogP contribution in [0.1, 0.15) is 13.8 Å². The van der Waals surface area contributed by atoms with E-state index < -0.39 is 5.60 Å². The lowest BCUT2D eigenvalue weighted by Gasteiger charge is -2.49. The Morgan fingerprint density at radius 2 is 2.25 bits per heavy atom. The molecule has 16 heavy (non-hydrogen) atoms. The summed E-state index contributed by atoms with van der Waals surface area (Å²) in [6, 6.07) is 0. The van der Waals surface area contributed by atoms with Crippen LogP contribution in [0.4, 0.5) is 0 Å². The largest absolute Gasteiger partial charge is 0.386 e. The van der Waals surface area contributed by atoms with E-state index in [2.05, 4.69) is 10.1 Å². The van der Waals surface area contributed by atoms with E-state index >= 15 is 0 Å². The van der Waals surface area contributed by atoms with Crippen LogP contribution in [0.25, 0.3) is 0 Å². The number of likely N-dealkylation sites (tertiary alicyclic amines) is 1. The summed E-state index contributed by atoms with van der Waals surface area (Å²) in [7, 11) is 0. The molecule has 1 aromatic rings. The molecule has 0 aromatic carbocycles. The fourth-order valence-electron chi connectivity index (χ4n) is 1.71. The number of hydrogen-bond acceptors (Lipinski definition) is 4. The van der Waals surface area contributed by atoms with E-state index in [1.807, 2.05) is 13.8 Å². The van der Waals surface area contributed by atoms with Crippen molar-refractivity contribution in [3.8, 4) is 0 Å². The summed E-state index contributed by atoms with van der Waals surface area (Å²) in [5.41, 5.74) is -0.710. The van der Waals surface area contributed by atoms with Crippen molar-refractivity contribution < 1.29 is 9.90 Å². The Balaban J connectivity index is 1.86. The van der Waals surface area contributed by atoms with Crippen LogP contribution in [0.15, 0.2) is 12.7 Å². The van der Waals surface area contributed by atoms with Gasteiger partial charge in [-0.3, -0.25) is 4.79 Å². The Bertz CT molecular complexity index is 368. The zero-order valence-corrected chi connectivity index (χ0v) is 9.50. The predicted molar refractivity (Wildman–Crippen MR) is 56.4 cm³/mol. The Morgan fingerprint density at radius 1 is 1.56 bits per heavy atom. The first-order valence-electron chi connectivity index (χ1n) is 5.34. The summed E-state index contributed by atoms with van der Waals surface area (Å²) >= 11 is 0. The van der Waals surface area contributed by atoms with Crippen LogP contribution in [0.3, 0.4) is 0 Å². The third-order valence-electron chi connectivity index (χ3n) is 3.12. The standard InChI is InChI=1S/C10H16N4O2/c1-8(2)10(16)4-13(5-10)9(15)3-14-7-11-6-12-14/h6-8,16H,3-5H2,1-2H3. The number of hydrogen-bond donors (Lipinski definition) is 1. The lowest BCUT2D eigenvalue weighted by atomic mass is 9.83. The highest BCUT2D eigenvalue weighted by atomic mass is 16.3. The monoisotopic (exact) mass is 224 g/mol. The fourth-order valence-corrected chi connectivity index (χ4v) is 1.71. The summed E-state index contributed by atoms with van der Waals surface area (Å²) in [6.07, 6.45) is 2.90. The van der Waals surface area contributed by atoms with Crippen molar-refractivity contribution in [2.75, 3.05) is 13.1 Å². The van der Waals surface area contributed by atoms with E-state index in [-0.39, 0.29) is 18.4 Å². The molecule has 0 radical (unpaired) electrons. The summed E-state index contributed by atoms with van der Waals surface area (Å²) in [5.74, 6) is 0.138. The summed E-state index contributed by atoms with van der Waals surface area (Å²) in [5, 5.41) is 13.9. The van der Waals surface area contributed by atoms with E-state index in [9.17, 15) is 9.90 Å². The van der Waals surface area contributed by atoms with E-state index in [0.29, 0.717) is 13.1 Å². The van der Waals surface area contributed by atoms with Gasteiger partial charge in [0, 0.05) is 0 Å². The van der Waals surface area contributed by atoms with Gasteiger partial charge in [-0.25, -0.2) is 9.67 Å². The second-order valence-electron chi connectivity index (χ2n) is 4.60. The van der Waals surface area contributed by atoms with E-state index in [4.69, 9.17) is 0 Å². The number of β-amino-alcohol motifs (C(OH)–C–C–N with tert-alkyl or cyclic N) is 1. The normalized spacial score (nSPS) is 18.6. The maximum atomic E-state index is 11.7. The Labute approximate surface area is 93.9 Å². The molecule has 0 unspecified atom stereocenters. The fraction of sp³-hybridized carbons (Fsp3) is 0.700.